The fraction of sp³-hybridized carbons (Fsp3) is 0.156. The number of amides is 1. The Morgan fingerprint density at radius 3 is 2.45 bits per heavy atom. The molecule has 0 bridgehead atoms. The monoisotopic (exact) mass is 536 g/mol. The van der Waals surface area contributed by atoms with E-state index >= 15 is 0 Å². The van der Waals surface area contributed by atoms with Gasteiger partial charge in [-0.05, 0) is 66.1 Å². The third-order valence-corrected chi connectivity index (χ3v) is 6.75. The highest BCUT2D eigenvalue weighted by atomic mass is 16.5. The number of likely N-dealkylation sites (tertiary alicyclic amines) is 1. The third kappa shape index (κ3) is 5.37. The minimum Gasteiger partial charge on any atom is -0.507 e. The standard InChI is InChI=1S/C32H28N2O6/c1-20-5-3-6-21(15-20)19-40-25-11-8-23(9-12-25)30(36)28-29(24-10-13-26(35)27(16-24)39-2)34(32(38)31(28)37)18-22-7-4-14-33-17-22/h3-17,29,35-36H,18-19H2,1-2H3/b30-28+/t29-/m1/s1. The molecule has 1 amide bonds. The average molecular weight is 537 g/mol. The van der Waals surface area contributed by atoms with Gasteiger partial charge >= 0.3 is 0 Å². The highest BCUT2D eigenvalue weighted by Crippen LogP contribution is 2.42. The number of carbonyl (C=O) groups is 2. The van der Waals surface area contributed by atoms with Crippen LogP contribution in [0, 0.1) is 6.92 Å². The third-order valence-electron chi connectivity index (χ3n) is 6.75. The number of phenolic OH excluding ortho intramolecular Hbond substituents is 1. The molecule has 8 heteroatoms. The van der Waals surface area contributed by atoms with Gasteiger partial charge < -0.3 is 24.6 Å². The molecule has 202 valence electrons. The SMILES string of the molecule is COc1cc([C@@H]2/C(=C(\O)c3ccc(OCc4cccc(C)c4)cc3)C(=O)C(=O)N2Cc2cccnc2)ccc1O. The molecule has 0 unspecified atom stereocenters. The van der Waals surface area contributed by atoms with Gasteiger partial charge in [0.2, 0.25) is 0 Å². The first-order valence-electron chi connectivity index (χ1n) is 12.7. The number of aromatic nitrogens is 1. The molecule has 0 radical (unpaired) electrons. The molecule has 0 saturated carbocycles. The number of hydrogen-bond acceptors (Lipinski definition) is 7. The summed E-state index contributed by atoms with van der Waals surface area (Å²) in [6.45, 7) is 2.49. The summed E-state index contributed by atoms with van der Waals surface area (Å²) in [6, 6.07) is 21.9. The second-order valence-electron chi connectivity index (χ2n) is 9.52. The van der Waals surface area contributed by atoms with E-state index in [2.05, 4.69) is 4.98 Å². The molecule has 8 nitrogen and oxygen atoms in total. The van der Waals surface area contributed by atoms with Crippen molar-refractivity contribution in [2.45, 2.75) is 26.1 Å². The van der Waals surface area contributed by atoms with Gasteiger partial charge in [0.15, 0.2) is 11.5 Å². The lowest BCUT2D eigenvalue weighted by atomic mass is 9.95. The van der Waals surface area contributed by atoms with Gasteiger partial charge in [0.25, 0.3) is 11.7 Å². The number of hydrogen-bond donors (Lipinski definition) is 2. The van der Waals surface area contributed by atoms with Crippen molar-refractivity contribution >= 4 is 17.4 Å². The minimum absolute atomic E-state index is 0.0601. The largest absolute Gasteiger partial charge is 0.507 e. The zero-order chi connectivity index (χ0) is 28.2. The Morgan fingerprint density at radius 2 is 1.75 bits per heavy atom. The van der Waals surface area contributed by atoms with Gasteiger partial charge in [0.05, 0.1) is 18.7 Å². The number of carbonyl (C=O) groups excluding carboxylic acids is 2. The van der Waals surface area contributed by atoms with Crippen molar-refractivity contribution in [3.63, 3.8) is 0 Å². The maximum Gasteiger partial charge on any atom is 0.295 e. The van der Waals surface area contributed by atoms with Crippen molar-refractivity contribution in [1.82, 2.24) is 9.88 Å². The molecule has 4 aromatic rings. The molecule has 2 N–H and O–H groups in total. The van der Waals surface area contributed by atoms with Crippen molar-refractivity contribution in [3.05, 3.63) is 125 Å². The van der Waals surface area contributed by atoms with Crippen LogP contribution in [0.4, 0.5) is 0 Å². The van der Waals surface area contributed by atoms with E-state index in [9.17, 15) is 19.8 Å². The Hall–Kier alpha value is -5.11. The number of pyridine rings is 1. The lowest BCUT2D eigenvalue weighted by Gasteiger charge is -2.25. The second-order valence-corrected chi connectivity index (χ2v) is 9.52. The maximum atomic E-state index is 13.3. The van der Waals surface area contributed by atoms with Crippen molar-refractivity contribution in [3.8, 4) is 17.2 Å². The van der Waals surface area contributed by atoms with Crippen LogP contribution < -0.4 is 9.47 Å². The number of aliphatic hydroxyl groups is 1. The number of aromatic hydroxyl groups is 1. The summed E-state index contributed by atoms with van der Waals surface area (Å²) in [5, 5.41) is 21.5. The molecule has 1 fully saturated rings. The molecule has 1 aliphatic heterocycles. The Labute approximate surface area is 231 Å². The summed E-state index contributed by atoms with van der Waals surface area (Å²) in [6.07, 6.45) is 3.23. The van der Waals surface area contributed by atoms with Gasteiger partial charge in [0, 0.05) is 24.5 Å². The van der Waals surface area contributed by atoms with Crippen LogP contribution in [0.1, 0.15) is 33.9 Å². The number of phenols is 1. The molecule has 40 heavy (non-hydrogen) atoms. The van der Waals surface area contributed by atoms with Crippen LogP contribution in [0.15, 0.2) is 96.8 Å². The molecular formula is C32H28N2O6. The molecule has 1 aliphatic rings. The highest BCUT2D eigenvalue weighted by molar-refractivity contribution is 6.46. The smallest absolute Gasteiger partial charge is 0.295 e. The minimum atomic E-state index is -0.924. The van der Waals surface area contributed by atoms with Crippen LogP contribution in [0.3, 0.4) is 0 Å². The number of ketones is 1. The number of nitrogens with zero attached hydrogens (tertiary/aromatic N) is 2. The Kier molecular flexibility index (Phi) is 7.50. The summed E-state index contributed by atoms with van der Waals surface area (Å²) in [5.74, 6) is -1.18. The predicted molar refractivity (Wildman–Crippen MR) is 149 cm³/mol. The molecule has 1 saturated heterocycles. The van der Waals surface area contributed by atoms with E-state index < -0.39 is 17.7 Å². The average Bonchev–Trinajstić information content (AvgIpc) is 3.22. The van der Waals surface area contributed by atoms with Gasteiger partial charge in [0.1, 0.15) is 18.1 Å². The van der Waals surface area contributed by atoms with Gasteiger partial charge in [-0.25, -0.2) is 0 Å². The molecule has 5 rings (SSSR count). The number of aryl methyl sites for hydroxylation is 1. The normalized spacial score (nSPS) is 16.2. The Balaban J connectivity index is 1.50. The van der Waals surface area contributed by atoms with E-state index in [0.29, 0.717) is 23.5 Å². The Morgan fingerprint density at radius 1 is 0.975 bits per heavy atom. The predicted octanol–water partition coefficient (Wildman–Crippen LogP) is 5.31. The van der Waals surface area contributed by atoms with Crippen LogP contribution in [-0.4, -0.2) is 38.9 Å². The van der Waals surface area contributed by atoms with Crippen LogP contribution in [-0.2, 0) is 22.7 Å². The summed E-state index contributed by atoms with van der Waals surface area (Å²) < 4.78 is 11.2. The summed E-state index contributed by atoms with van der Waals surface area (Å²) in [7, 11) is 1.41. The van der Waals surface area contributed by atoms with Crippen molar-refractivity contribution in [2.75, 3.05) is 7.11 Å². The van der Waals surface area contributed by atoms with Gasteiger partial charge in [-0.1, -0.05) is 42.0 Å². The zero-order valence-corrected chi connectivity index (χ0v) is 22.1. The quantitative estimate of drug-likeness (QED) is 0.179. The van der Waals surface area contributed by atoms with Gasteiger partial charge in [-0.15, -0.1) is 0 Å². The lowest BCUT2D eigenvalue weighted by molar-refractivity contribution is -0.140. The van der Waals surface area contributed by atoms with E-state index in [1.807, 2.05) is 31.2 Å². The second kappa shape index (κ2) is 11.3. The number of methoxy groups -OCH3 is 1. The van der Waals surface area contributed by atoms with Crippen LogP contribution in [0.5, 0.6) is 17.2 Å². The topological polar surface area (TPSA) is 109 Å². The maximum absolute atomic E-state index is 13.3. The summed E-state index contributed by atoms with van der Waals surface area (Å²) in [4.78, 5) is 32.1. The fourth-order valence-corrected chi connectivity index (χ4v) is 4.78. The first kappa shape index (κ1) is 26.5. The molecule has 3 aromatic carbocycles. The lowest BCUT2D eigenvalue weighted by Crippen LogP contribution is -2.29. The van der Waals surface area contributed by atoms with Crippen molar-refractivity contribution < 1.29 is 29.3 Å². The zero-order valence-electron chi connectivity index (χ0n) is 22.1. The van der Waals surface area contributed by atoms with E-state index in [1.54, 1.807) is 60.9 Å². The molecule has 0 aliphatic carbocycles. The van der Waals surface area contributed by atoms with Crippen LogP contribution in [0.2, 0.25) is 0 Å². The van der Waals surface area contributed by atoms with E-state index in [0.717, 1.165) is 16.7 Å². The number of rotatable bonds is 8. The van der Waals surface area contributed by atoms with E-state index in [4.69, 9.17) is 9.47 Å². The molecule has 1 atom stereocenters. The van der Waals surface area contributed by atoms with Gasteiger partial charge in [-0.3, -0.25) is 14.6 Å². The number of aliphatic hydroxyl groups excluding tert-OH is 1. The van der Waals surface area contributed by atoms with E-state index in [1.165, 1.54) is 18.1 Å². The van der Waals surface area contributed by atoms with Gasteiger partial charge in [-0.2, -0.15) is 0 Å². The first-order chi connectivity index (χ1) is 19.4. The first-order valence-corrected chi connectivity index (χ1v) is 12.7. The summed E-state index contributed by atoms with van der Waals surface area (Å²) in [5.41, 5.74) is 3.69. The van der Waals surface area contributed by atoms with Crippen LogP contribution >= 0.6 is 0 Å². The fourth-order valence-electron chi connectivity index (χ4n) is 4.78. The Bertz CT molecular complexity index is 1580. The highest BCUT2D eigenvalue weighted by Gasteiger charge is 2.46. The summed E-state index contributed by atoms with van der Waals surface area (Å²) >= 11 is 0. The molecule has 0 spiro atoms. The van der Waals surface area contributed by atoms with E-state index in [-0.39, 0.29) is 29.4 Å². The number of benzene rings is 3. The molecular weight excluding hydrogens is 508 g/mol. The molecule has 1 aromatic heterocycles. The molecule has 2 heterocycles. The van der Waals surface area contributed by atoms with Crippen molar-refractivity contribution in [1.29, 1.82) is 0 Å². The van der Waals surface area contributed by atoms with Crippen LogP contribution in [0.25, 0.3) is 5.76 Å². The number of ether oxygens (including phenoxy) is 2. The van der Waals surface area contributed by atoms with Crippen molar-refractivity contribution in [2.24, 2.45) is 0 Å². The number of Topliss-reactive ketones (excluding diaryl/α,β-unsaturated/α-hetero) is 1.